The molecule has 1 aromatic heterocycles. The molecule has 0 N–H and O–H groups in total. The molecule has 6 nitrogen and oxygen atoms in total. The molecule has 26 heavy (non-hydrogen) atoms. The Balaban J connectivity index is 1.54. The van der Waals surface area contributed by atoms with Crippen molar-refractivity contribution < 1.29 is 14.3 Å². The molecular formula is C20H27N3O3. The number of hydrogen-bond acceptors (Lipinski definition) is 4. The van der Waals surface area contributed by atoms with Crippen molar-refractivity contribution >= 4 is 5.91 Å². The zero-order chi connectivity index (χ0) is 18.7. The molecule has 1 amide bonds. The Kier molecular flexibility index (Phi) is 5.49. The lowest BCUT2D eigenvalue weighted by molar-refractivity contribution is -0.135. The normalized spacial score (nSPS) is 15.9. The second kappa shape index (κ2) is 7.81. The van der Waals surface area contributed by atoms with Crippen molar-refractivity contribution in [2.24, 2.45) is 5.92 Å². The SMILES string of the molecule is COc1cccc2c1OC[C@@H](C(=O)N(C)CCCn1nc(C)cc1C)C2. The van der Waals surface area contributed by atoms with Gasteiger partial charge in [-0.3, -0.25) is 9.48 Å². The van der Waals surface area contributed by atoms with Crippen LogP contribution in [0.25, 0.3) is 0 Å². The van der Waals surface area contributed by atoms with Gasteiger partial charge in [-0.2, -0.15) is 5.10 Å². The number of methoxy groups -OCH3 is 1. The molecule has 0 unspecified atom stereocenters. The molecule has 2 aromatic rings. The van der Waals surface area contributed by atoms with Crippen LogP contribution < -0.4 is 9.47 Å². The standard InChI is InChI=1S/C20H27N3O3/c1-14-11-15(2)23(21-14)10-6-9-22(3)20(24)17-12-16-7-5-8-18(25-4)19(16)26-13-17/h5,7-8,11,17H,6,9-10,12-13H2,1-4H3/t17-/m0/s1. The maximum atomic E-state index is 12.8. The molecule has 1 aliphatic heterocycles. The molecule has 2 heterocycles. The Morgan fingerprint density at radius 2 is 2.23 bits per heavy atom. The maximum Gasteiger partial charge on any atom is 0.229 e. The highest BCUT2D eigenvalue weighted by Gasteiger charge is 2.29. The first-order valence-corrected chi connectivity index (χ1v) is 9.04. The van der Waals surface area contributed by atoms with Crippen LogP contribution in [0.4, 0.5) is 0 Å². The Bertz CT molecular complexity index is 785. The van der Waals surface area contributed by atoms with Crippen molar-refractivity contribution in [2.45, 2.75) is 33.2 Å². The number of rotatable bonds is 6. The first-order valence-electron chi connectivity index (χ1n) is 9.04. The van der Waals surface area contributed by atoms with Crippen molar-refractivity contribution in [1.82, 2.24) is 14.7 Å². The number of aryl methyl sites for hydroxylation is 3. The van der Waals surface area contributed by atoms with E-state index in [0.717, 1.165) is 41.4 Å². The van der Waals surface area contributed by atoms with Gasteiger partial charge in [0, 0.05) is 25.8 Å². The van der Waals surface area contributed by atoms with Crippen LogP contribution in [0.2, 0.25) is 0 Å². The van der Waals surface area contributed by atoms with E-state index >= 15 is 0 Å². The summed E-state index contributed by atoms with van der Waals surface area (Å²) < 4.78 is 13.2. The number of hydrogen-bond donors (Lipinski definition) is 0. The monoisotopic (exact) mass is 357 g/mol. The summed E-state index contributed by atoms with van der Waals surface area (Å²) in [4.78, 5) is 14.6. The fraction of sp³-hybridized carbons (Fsp3) is 0.500. The van der Waals surface area contributed by atoms with E-state index in [4.69, 9.17) is 9.47 Å². The van der Waals surface area contributed by atoms with E-state index in [-0.39, 0.29) is 11.8 Å². The van der Waals surface area contributed by atoms with Crippen LogP contribution in [-0.4, -0.2) is 47.9 Å². The largest absolute Gasteiger partial charge is 0.493 e. The van der Waals surface area contributed by atoms with E-state index in [1.165, 1.54) is 0 Å². The summed E-state index contributed by atoms with van der Waals surface area (Å²) in [5.74, 6) is 1.48. The summed E-state index contributed by atoms with van der Waals surface area (Å²) in [7, 11) is 3.50. The minimum Gasteiger partial charge on any atom is -0.493 e. The molecule has 6 heteroatoms. The van der Waals surface area contributed by atoms with Gasteiger partial charge in [-0.05, 0) is 44.4 Å². The molecule has 1 aromatic carbocycles. The number of nitrogens with zero attached hydrogens (tertiary/aromatic N) is 3. The van der Waals surface area contributed by atoms with Gasteiger partial charge in [0.2, 0.25) is 5.91 Å². The second-order valence-corrected chi connectivity index (χ2v) is 6.92. The zero-order valence-electron chi connectivity index (χ0n) is 16.0. The fourth-order valence-corrected chi connectivity index (χ4v) is 3.49. The van der Waals surface area contributed by atoms with Gasteiger partial charge in [-0.15, -0.1) is 0 Å². The summed E-state index contributed by atoms with van der Waals surface area (Å²) in [6, 6.07) is 7.89. The lowest BCUT2D eigenvalue weighted by Crippen LogP contribution is -2.39. The number of carbonyl (C=O) groups excluding carboxylic acids is 1. The Morgan fingerprint density at radius 1 is 1.42 bits per heavy atom. The number of para-hydroxylation sites is 1. The molecule has 0 saturated carbocycles. The summed E-state index contributed by atoms with van der Waals surface area (Å²) >= 11 is 0. The number of amides is 1. The van der Waals surface area contributed by atoms with E-state index < -0.39 is 0 Å². The van der Waals surface area contributed by atoms with E-state index in [9.17, 15) is 4.79 Å². The highest BCUT2D eigenvalue weighted by atomic mass is 16.5. The molecule has 0 radical (unpaired) electrons. The van der Waals surface area contributed by atoms with Gasteiger partial charge in [-0.1, -0.05) is 12.1 Å². The average Bonchev–Trinajstić information content (AvgIpc) is 2.97. The van der Waals surface area contributed by atoms with Crippen LogP contribution in [0.5, 0.6) is 11.5 Å². The first-order chi connectivity index (χ1) is 12.5. The minimum atomic E-state index is -0.145. The second-order valence-electron chi connectivity index (χ2n) is 6.92. The Morgan fingerprint density at radius 3 is 2.92 bits per heavy atom. The number of benzene rings is 1. The molecular weight excluding hydrogens is 330 g/mol. The lowest BCUT2D eigenvalue weighted by Gasteiger charge is -2.29. The van der Waals surface area contributed by atoms with Crippen LogP contribution in [0, 0.1) is 19.8 Å². The summed E-state index contributed by atoms with van der Waals surface area (Å²) in [5.41, 5.74) is 3.22. The van der Waals surface area contributed by atoms with Crippen molar-refractivity contribution in [2.75, 3.05) is 27.3 Å². The first kappa shape index (κ1) is 18.3. The third-order valence-electron chi connectivity index (χ3n) is 4.87. The third-order valence-corrected chi connectivity index (χ3v) is 4.87. The summed E-state index contributed by atoms with van der Waals surface area (Å²) in [5, 5.41) is 4.46. The molecule has 3 rings (SSSR count). The fourth-order valence-electron chi connectivity index (χ4n) is 3.49. The zero-order valence-corrected chi connectivity index (χ0v) is 16.0. The summed E-state index contributed by atoms with van der Waals surface area (Å²) in [6.45, 7) is 5.97. The van der Waals surface area contributed by atoms with Gasteiger partial charge < -0.3 is 14.4 Å². The van der Waals surface area contributed by atoms with Crippen LogP contribution in [0.1, 0.15) is 23.4 Å². The number of fused-ring (bicyclic) bond motifs is 1. The highest BCUT2D eigenvalue weighted by Crippen LogP contribution is 2.36. The summed E-state index contributed by atoms with van der Waals surface area (Å²) in [6.07, 6.45) is 1.56. The van der Waals surface area contributed by atoms with Crippen molar-refractivity contribution in [3.8, 4) is 11.5 Å². The van der Waals surface area contributed by atoms with Gasteiger partial charge in [0.15, 0.2) is 11.5 Å². The Labute approximate surface area is 154 Å². The van der Waals surface area contributed by atoms with Crippen LogP contribution in [-0.2, 0) is 17.8 Å². The lowest BCUT2D eigenvalue weighted by atomic mass is 9.95. The van der Waals surface area contributed by atoms with Crippen LogP contribution >= 0.6 is 0 Å². The van der Waals surface area contributed by atoms with Gasteiger partial charge >= 0.3 is 0 Å². The molecule has 0 aliphatic carbocycles. The quantitative estimate of drug-likeness (QED) is 0.797. The molecule has 1 atom stereocenters. The van der Waals surface area contributed by atoms with Gasteiger partial charge in [-0.25, -0.2) is 0 Å². The van der Waals surface area contributed by atoms with E-state index in [1.54, 1.807) is 7.11 Å². The van der Waals surface area contributed by atoms with Gasteiger partial charge in [0.1, 0.15) is 6.61 Å². The number of carbonyl (C=O) groups is 1. The molecule has 0 spiro atoms. The maximum absolute atomic E-state index is 12.8. The third kappa shape index (κ3) is 3.84. The minimum absolute atomic E-state index is 0.131. The van der Waals surface area contributed by atoms with E-state index in [0.29, 0.717) is 19.6 Å². The number of ether oxygens (including phenoxy) is 2. The molecule has 0 saturated heterocycles. The van der Waals surface area contributed by atoms with Gasteiger partial charge in [0.25, 0.3) is 0 Å². The topological polar surface area (TPSA) is 56.6 Å². The smallest absolute Gasteiger partial charge is 0.229 e. The van der Waals surface area contributed by atoms with E-state index in [2.05, 4.69) is 18.1 Å². The van der Waals surface area contributed by atoms with Crippen LogP contribution in [0.3, 0.4) is 0 Å². The van der Waals surface area contributed by atoms with E-state index in [1.807, 2.05) is 41.8 Å². The highest BCUT2D eigenvalue weighted by molar-refractivity contribution is 5.79. The number of aromatic nitrogens is 2. The van der Waals surface area contributed by atoms with Crippen LogP contribution in [0.15, 0.2) is 24.3 Å². The van der Waals surface area contributed by atoms with Crippen molar-refractivity contribution in [3.63, 3.8) is 0 Å². The molecule has 0 bridgehead atoms. The van der Waals surface area contributed by atoms with Crippen molar-refractivity contribution in [1.29, 1.82) is 0 Å². The predicted octanol–water partition coefficient (Wildman–Crippen LogP) is 2.61. The average molecular weight is 357 g/mol. The predicted molar refractivity (Wildman–Crippen MR) is 99.6 cm³/mol. The molecule has 140 valence electrons. The molecule has 1 aliphatic rings. The molecule has 0 fully saturated rings. The van der Waals surface area contributed by atoms with Crippen molar-refractivity contribution in [3.05, 3.63) is 41.2 Å². The van der Waals surface area contributed by atoms with Gasteiger partial charge in [0.05, 0.1) is 18.7 Å². The Hall–Kier alpha value is -2.50.